The van der Waals surface area contributed by atoms with Crippen LogP contribution < -0.4 is 5.32 Å². The van der Waals surface area contributed by atoms with Crippen LogP contribution in [0.4, 0.5) is 0 Å². The molecule has 2 aliphatic heterocycles. The molecule has 2 unspecified atom stereocenters. The van der Waals surface area contributed by atoms with Gasteiger partial charge in [0.25, 0.3) is 0 Å². The lowest BCUT2D eigenvalue weighted by atomic mass is 9.94. The van der Waals surface area contributed by atoms with E-state index in [2.05, 4.69) is 42.6 Å². The number of aryl methyl sites for hydroxylation is 2. The van der Waals surface area contributed by atoms with E-state index in [9.17, 15) is 0 Å². The van der Waals surface area contributed by atoms with Crippen LogP contribution in [0.25, 0.3) is 16.9 Å². The SMILES string of the molecule is Cc1n[nH]c(C)c1-c1cc(C23CCC(CNC2)O3)nc2c(Br)cnn12. The fourth-order valence-electron chi connectivity index (χ4n) is 4.09. The Balaban J connectivity index is 1.78. The van der Waals surface area contributed by atoms with E-state index in [1.54, 1.807) is 6.20 Å². The van der Waals surface area contributed by atoms with Crippen molar-refractivity contribution >= 4 is 21.6 Å². The molecule has 0 spiro atoms. The number of aromatic nitrogens is 5. The number of halogens is 1. The lowest BCUT2D eigenvalue weighted by Gasteiger charge is -2.34. The van der Waals surface area contributed by atoms with Crippen molar-refractivity contribution in [1.29, 1.82) is 0 Å². The second kappa shape index (κ2) is 5.36. The minimum absolute atomic E-state index is 0.279. The second-order valence-corrected chi connectivity index (χ2v) is 7.82. The predicted molar refractivity (Wildman–Crippen MR) is 96.4 cm³/mol. The van der Waals surface area contributed by atoms with E-state index in [0.29, 0.717) is 0 Å². The molecule has 25 heavy (non-hydrogen) atoms. The zero-order valence-corrected chi connectivity index (χ0v) is 15.7. The molecular formula is C17H19BrN6O. The highest BCUT2D eigenvalue weighted by Crippen LogP contribution is 2.42. The maximum atomic E-state index is 6.38. The minimum atomic E-state index is -0.353. The highest BCUT2D eigenvalue weighted by atomic mass is 79.9. The van der Waals surface area contributed by atoms with Gasteiger partial charge in [-0.05, 0) is 48.7 Å². The van der Waals surface area contributed by atoms with Crippen molar-refractivity contribution in [1.82, 2.24) is 30.1 Å². The fourth-order valence-corrected chi connectivity index (χ4v) is 4.44. The van der Waals surface area contributed by atoms with E-state index < -0.39 is 0 Å². The van der Waals surface area contributed by atoms with Gasteiger partial charge in [0.15, 0.2) is 5.65 Å². The van der Waals surface area contributed by atoms with Crippen LogP contribution in [0.5, 0.6) is 0 Å². The normalized spacial score (nSPS) is 25.8. The van der Waals surface area contributed by atoms with Gasteiger partial charge in [-0.1, -0.05) is 0 Å². The van der Waals surface area contributed by atoms with Crippen molar-refractivity contribution < 1.29 is 4.74 Å². The summed E-state index contributed by atoms with van der Waals surface area (Å²) in [5.41, 5.74) is 5.44. The zero-order chi connectivity index (χ0) is 17.2. The fraction of sp³-hybridized carbons (Fsp3) is 0.471. The average Bonchev–Trinajstić information content (AvgIpc) is 3.24. The molecule has 2 fully saturated rings. The van der Waals surface area contributed by atoms with E-state index >= 15 is 0 Å². The van der Waals surface area contributed by atoms with Crippen LogP contribution in [0.1, 0.15) is 29.9 Å². The van der Waals surface area contributed by atoms with Crippen LogP contribution >= 0.6 is 15.9 Å². The number of ether oxygens (including phenoxy) is 1. The van der Waals surface area contributed by atoms with Gasteiger partial charge >= 0.3 is 0 Å². The van der Waals surface area contributed by atoms with Crippen molar-refractivity contribution in [2.45, 2.75) is 38.4 Å². The first kappa shape index (κ1) is 15.5. The van der Waals surface area contributed by atoms with Crippen LogP contribution in [-0.4, -0.2) is 44.0 Å². The number of fused-ring (bicyclic) bond motifs is 3. The van der Waals surface area contributed by atoms with Crippen LogP contribution in [0.3, 0.4) is 0 Å². The number of rotatable bonds is 2. The van der Waals surface area contributed by atoms with Gasteiger partial charge in [0.1, 0.15) is 5.60 Å². The number of nitrogens with zero attached hydrogens (tertiary/aromatic N) is 4. The van der Waals surface area contributed by atoms with Gasteiger partial charge in [-0.15, -0.1) is 0 Å². The van der Waals surface area contributed by atoms with E-state index in [1.807, 2.05) is 18.4 Å². The van der Waals surface area contributed by atoms with Crippen molar-refractivity contribution in [2.24, 2.45) is 0 Å². The summed E-state index contributed by atoms with van der Waals surface area (Å²) in [4.78, 5) is 4.92. The molecule has 5 heterocycles. The molecule has 0 radical (unpaired) electrons. The van der Waals surface area contributed by atoms with Crippen LogP contribution in [-0.2, 0) is 10.3 Å². The average molecular weight is 403 g/mol. The van der Waals surface area contributed by atoms with Gasteiger partial charge in [-0.2, -0.15) is 10.2 Å². The van der Waals surface area contributed by atoms with Crippen molar-refractivity contribution in [3.05, 3.63) is 33.8 Å². The third-order valence-corrected chi connectivity index (χ3v) is 5.88. The van der Waals surface area contributed by atoms with Crippen molar-refractivity contribution in [3.8, 4) is 11.3 Å². The summed E-state index contributed by atoms with van der Waals surface area (Å²) in [7, 11) is 0. The molecule has 0 aliphatic carbocycles. The molecule has 2 saturated heterocycles. The molecular weight excluding hydrogens is 384 g/mol. The number of hydrogen-bond donors (Lipinski definition) is 2. The van der Waals surface area contributed by atoms with Gasteiger partial charge in [0.05, 0.1) is 33.9 Å². The molecule has 2 bridgehead atoms. The maximum Gasteiger partial charge on any atom is 0.170 e. The summed E-state index contributed by atoms with van der Waals surface area (Å²) in [5.74, 6) is 0. The third kappa shape index (κ3) is 2.21. The molecule has 2 N–H and O–H groups in total. The summed E-state index contributed by atoms with van der Waals surface area (Å²) in [6.07, 6.45) is 4.12. The minimum Gasteiger partial charge on any atom is -0.363 e. The van der Waals surface area contributed by atoms with Crippen molar-refractivity contribution in [3.63, 3.8) is 0 Å². The molecule has 5 rings (SSSR count). The van der Waals surface area contributed by atoms with Crippen LogP contribution in [0.2, 0.25) is 0 Å². The number of nitrogens with one attached hydrogen (secondary N) is 2. The highest BCUT2D eigenvalue weighted by molar-refractivity contribution is 9.10. The Labute approximate surface area is 153 Å². The van der Waals surface area contributed by atoms with Gasteiger partial charge in [-0.3, -0.25) is 5.10 Å². The summed E-state index contributed by atoms with van der Waals surface area (Å²) in [6.45, 7) is 5.75. The van der Waals surface area contributed by atoms with E-state index in [1.165, 1.54) is 0 Å². The summed E-state index contributed by atoms with van der Waals surface area (Å²) in [5, 5.41) is 15.4. The smallest absolute Gasteiger partial charge is 0.170 e. The first-order chi connectivity index (χ1) is 12.1. The van der Waals surface area contributed by atoms with E-state index in [-0.39, 0.29) is 11.7 Å². The summed E-state index contributed by atoms with van der Waals surface area (Å²) in [6, 6.07) is 2.12. The maximum absolute atomic E-state index is 6.38. The largest absolute Gasteiger partial charge is 0.363 e. The van der Waals surface area contributed by atoms with Crippen LogP contribution in [0, 0.1) is 13.8 Å². The number of morpholine rings is 1. The highest BCUT2D eigenvalue weighted by Gasteiger charge is 2.46. The molecule has 2 atom stereocenters. The Hall–Kier alpha value is -1.77. The Morgan fingerprint density at radius 1 is 1.40 bits per heavy atom. The predicted octanol–water partition coefficient (Wildman–Crippen LogP) is 2.48. The van der Waals surface area contributed by atoms with E-state index in [0.717, 1.165) is 64.4 Å². The summed E-state index contributed by atoms with van der Waals surface area (Å²) < 4.78 is 9.13. The Morgan fingerprint density at radius 2 is 2.28 bits per heavy atom. The van der Waals surface area contributed by atoms with E-state index in [4.69, 9.17) is 9.72 Å². The molecule has 130 valence electrons. The standard InChI is InChI=1S/C17H19BrN6O/c1-9-15(10(2)23-22-9)13-5-14(21-16-12(18)7-20-24(13)16)17-4-3-11(25-17)6-19-8-17/h5,7,11,19H,3-4,6,8H2,1-2H3,(H,22,23). The Kier molecular flexibility index (Phi) is 3.32. The number of hydrogen-bond acceptors (Lipinski definition) is 5. The zero-order valence-electron chi connectivity index (χ0n) is 14.1. The molecule has 7 nitrogen and oxygen atoms in total. The molecule has 0 aromatic carbocycles. The Bertz CT molecular complexity index is 956. The molecule has 8 heteroatoms. The molecule has 3 aromatic rings. The van der Waals surface area contributed by atoms with Crippen LogP contribution in [0.15, 0.2) is 16.7 Å². The number of H-pyrrole nitrogens is 1. The number of aromatic amines is 1. The molecule has 3 aromatic heterocycles. The third-order valence-electron chi connectivity index (χ3n) is 5.32. The molecule has 0 amide bonds. The first-order valence-corrected chi connectivity index (χ1v) is 9.32. The Morgan fingerprint density at radius 3 is 3.08 bits per heavy atom. The first-order valence-electron chi connectivity index (χ1n) is 8.53. The van der Waals surface area contributed by atoms with Gasteiger partial charge in [-0.25, -0.2) is 9.50 Å². The van der Waals surface area contributed by atoms with Gasteiger partial charge in [0.2, 0.25) is 0 Å². The second-order valence-electron chi connectivity index (χ2n) is 6.97. The topological polar surface area (TPSA) is 80.1 Å². The molecule has 0 saturated carbocycles. The lowest BCUT2D eigenvalue weighted by molar-refractivity contribution is -0.0711. The quantitative estimate of drug-likeness (QED) is 0.687. The van der Waals surface area contributed by atoms with Gasteiger partial charge in [0, 0.05) is 24.3 Å². The van der Waals surface area contributed by atoms with Gasteiger partial charge < -0.3 is 10.1 Å². The molecule has 2 aliphatic rings. The summed E-state index contributed by atoms with van der Waals surface area (Å²) >= 11 is 3.58. The van der Waals surface area contributed by atoms with Crippen molar-refractivity contribution in [2.75, 3.05) is 13.1 Å². The monoisotopic (exact) mass is 402 g/mol. The lowest BCUT2D eigenvalue weighted by Crippen LogP contribution is -2.46.